The van der Waals surface area contributed by atoms with Crippen molar-refractivity contribution in [2.45, 2.75) is 25.7 Å². The van der Waals surface area contributed by atoms with Crippen LogP contribution in [0.4, 0.5) is 0 Å². The maximum Gasteiger partial charge on any atom is 0.282 e. The minimum atomic E-state index is -3.40. The van der Waals surface area contributed by atoms with E-state index in [1.165, 1.54) is 4.31 Å². The second kappa shape index (κ2) is 8.56. The van der Waals surface area contributed by atoms with Gasteiger partial charge in [-0.2, -0.15) is 22.0 Å². The summed E-state index contributed by atoms with van der Waals surface area (Å²) in [5.41, 5.74) is 0.802. The zero-order valence-electron chi connectivity index (χ0n) is 16.1. The van der Waals surface area contributed by atoms with Crippen molar-refractivity contribution in [1.82, 2.24) is 28.6 Å². The van der Waals surface area contributed by atoms with Crippen molar-refractivity contribution in [2.24, 2.45) is 0 Å². The van der Waals surface area contributed by atoms with E-state index in [1.807, 2.05) is 0 Å². The topological polar surface area (TPSA) is 113 Å². The van der Waals surface area contributed by atoms with Crippen molar-refractivity contribution >= 4 is 16.1 Å². The van der Waals surface area contributed by atoms with Gasteiger partial charge < -0.3 is 9.42 Å². The Morgan fingerprint density at radius 2 is 1.66 bits per heavy atom. The van der Waals surface area contributed by atoms with Gasteiger partial charge in [-0.1, -0.05) is 5.16 Å². The molecule has 0 N–H and O–H groups in total. The monoisotopic (exact) mass is 420 g/mol. The summed E-state index contributed by atoms with van der Waals surface area (Å²) in [6.07, 6.45) is 5.73. The van der Waals surface area contributed by atoms with E-state index in [-0.39, 0.29) is 12.3 Å². The number of carbonyl (C=O) groups is 1. The zero-order chi connectivity index (χ0) is 20.3. The summed E-state index contributed by atoms with van der Waals surface area (Å²) >= 11 is 0. The van der Waals surface area contributed by atoms with Gasteiger partial charge in [0, 0.05) is 70.1 Å². The van der Waals surface area contributed by atoms with Crippen LogP contribution in [0, 0.1) is 0 Å². The third kappa shape index (κ3) is 4.46. The Morgan fingerprint density at radius 3 is 2.34 bits per heavy atom. The van der Waals surface area contributed by atoms with Crippen molar-refractivity contribution in [1.29, 1.82) is 0 Å². The maximum atomic E-state index is 12.6. The molecule has 0 atom stereocenters. The highest BCUT2D eigenvalue weighted by Gasteiger charge is 2.34. The third-order valence-corrected chi connectivity index (χ3v) is 7.30. The SMILES string of the molecule is O=C(CCc1nc(-c2ccncc2)no1)N1CCN(S(=O)(=O)N2CCCC2)CC1. The first-order valence-electron chi connectivity index (χ1n) is 9.80. The standard InChI is InChI=1S/C18H24N6O4S/c25-17(4-3-16-20-18(21-28-16)15-5-7-19-8-6-15)22-11-13-24(14-12-22)29(26,27)23-9-1-2-10-23/h5-8H,1-4,9-14H2. The fourth-order valence-electron chi connectivity index (χ4n) is 3.60. The number of nitrogens with zero attached hydrogens (tertiary/aromatic N) is 6. The van der Waals surface area contributed by atoms with E-state index in [0.717, 1.165) is 18.4 Å². The molecule has 0 bridgehead atoms. The fourth-order valence-corrected chi connectivity index (χ4v) is 5.27. The molecule has 1 amide bonds. The Balaban J connectivity index is 1.27. The van der Waals surface area contributed by atoms with E-state index in [2.05, 4.69) is 15.1 Å². The van der Waals surface area contributed by atoms with Crippen LogP contribution < -0.4 is 0 Å². The van der Waals surface area contributed by atoms with E-state index < -0.39 is 10.2 Å². The highest BCUT2D eigenvalue weighted by atomic mass is 32.2. The molecule has 2 aliphatic rings. The summed E-state index contributed by atoms with van der Waals surface area (Å²) in [5.74, 6) is 0.836. The molecule has 4 rings (SSSR count). The predicted octanol–water partition coefficient (Wildman–Crippen LogP) is 0.549. The number of hydrogen-bond donors (Lipinski definition) is 0. The molecular weight excluding hydrogens is 396 g/mol. The van der Waals surface area contributed by atoms with E-state index in [0.29, 0.717) is 57.4 Å². The Bertz CT molecular complexity index is 934. The summed E-state index contributed by atoms with van der Waals surface area (Å²) in [6, 6.07) is 3.57. The molecule has 2 fully saturated rings. The summed E-state index contributed by atoms with van der Waals surface area (Å²) in [5, 5.41) is 3.93. The maximum absolute atomic E-state index is 12.6. The molecule has 10 nitrogen and oxygen atoms in total. The molecule has 11 heteroatoms. The number of carbonyl (C=O) groups excluding carboxylic acids is 1. The lowest BCUT2D eigenvalue weighted by atomic mass is 10.2. The van der Waals surface area contributed by atoms with Crippen LogP contribution in [0.3, 0.4) is 0 Å². The lowest BCUT2D eigenvalue weighted by Gasteiger charge is -2.35. The minimum absolute atomic E-state index is 0.0353. The Hall–Kier alpha value is -2.37. The molecule has 2 aromatic rings. The van der Waals surface area contributed by atoms with Crippen molar-refractivity contribution in [2.75, 3.05) is 39.3 Å². The van der Waals surface area contributed by atoms with Crippen molar-refractivity contribution in [3.05, 3.63) is 30.4 Å². The molecule has 2 aromatic heterocycles. The average Bonchev–Trinajstić information content (AvgIpc) is 3.45. The van der Waals surface area contributed by atoms with Gasteiger partial charge >= 0.3 is 0 Å². The van der Waals surface area contributed by atoms with Gasteiger partial charge in [-0.15, -0.1) is 0 Å². The van der Waals surface area contributed by atoms with Crippen LogP contribution in [0.5, 0.6) is 0 Å². The lowest BCUT2D eigenvalue weighted by Crippen LogP contribution is -2.53. The Labute approximate surface area is 169 Å². The molecular formula is C18H24N6O4S. The number of aryl methyl sites for hydroxylation is 1. The van der Waals surface area contributed by atoms with Crippen LogP contribution in [0.1, 0.15) is 25.2 Å². The van der Waals surface area contributed by atoms with E-state index >= 15 is 0 Å². The van der Waals surface area contributed by atoms with Crippen molar-refractivity contribution in [3.8, 4) is 11.4 Å². The molecule has 0 radical (unpaired) electrons. The third-order valence-electron chi connectivity index (χ3n) is 5.27. The van der Waals surface area contributed by atoms with Crippen LogP contribution in [0.2, 0.25) is 0 Å². The highest BCUT2D eigenvalue weighted by Crippen LogP contribution is 2.19. The summed E-state index contributed by atoms with van der Waals surface area (Å²) in [6.45, 7) is 2.64. The lowest BCUT2D eigenvalue weighted by molar-refractivity contribution is -0.132. The molecule has 2 saturated heterocycles. The molecule has 29 heavy (non-hydrogen) atoms. The van der Waals surface area contributed by atoms with Crippen LogP contribution in [-0.2, 0) is 21.4 Å². The molecule has 0 aliphatic carbocycles. The predicted molar refractivity (Wildman–Crippen MR) is 104 cm³/mol. The second-order valence-corrected chi connectivity index (χ2v) is 9.07. The van der Waals surface area contributed by atoms with Gasteiger partial charge in [-0.05, 0) is 25.0 Å². The first-order chi connectivity index (χ1) is 14.0. The number of pyridine rings is 1. The van der Waals surface area contributed by atoms with Crippen molar-refractivity contribution < 1.29 is 17.7 Å². The molecule has 2 aliphatic heterocycles. The van der Waals surface area contributed by atoms with Crippen molar-refractivity contribution in [3.63, 3.8) is 0 Å². The van der Waals surface area contributed by atoms with E-state index in [9.17, 15) is 13.2 Å². The minimum Gasteiger partial charge on any atom is -0.340 e. The van der Waals surface area contributed by atoms with Crippen LogP contribution >= 0.6 is 0 Å². The van der Waals surface area contributed by atoms with E-state index in [4.69, 9.17) is 4.52 Å². The number of aromatic nitrogens is 3. The molecule has 156 valence electrons. The first-order valence-corrected chi connectivity index (χ1v) is 11.2. The molecule has 0 saturated carbocycles. The Kier molecular flexibility index (Phi) is 5.88. The quantitative estimate of drug-likeness (QED) is 0.671. The number of piperazine rings is 1. The van der Waals surface area contributed by atoms with Crippen LogP contribution in [-0.4, -0.2) is 82.2 Å². The molecule has 4 heterocycles. The van der Waals surface area contributed by atoms with Gasteiger partial charge in [0.05, 0.1) is 0 Å². The largest absolute Gasteiger partial charge is 0.340 e. The smallest absolute Gasteiger partial charge is 0.282 e. The van der Waals surface area contributed by atoms with E-state index in [1.54, 1.807) is 33.7 Å². The number of hydrogen-bond acceptors (Lipinski definition) is 7. The van der Waals surface area contributed by atoms with Gasteiger partial charge in [0.15, 0.2) is 0 Å². The van der Waals surface area contributed by atoms with Gasteiger partial charge in [0.2, 0.25) is 17.6 Å². The first kappa shape index (κ1) is 19.9. The fraction of sp³-hybridized carbons (Fsp3) is 0.556. The van der Waals surface area contributed by atoms with Gasteiger partial charge in [0.25, 0.3) is 10.2 Å². The number of rotatable bonds is 6. The average molecular weight is 420 g/mol. The number of amides is 1. The summed E-state index contributed by atoms with van der Waals surface area (Å²) in [4.78, 5) is 22.5. The van der Waals surface area contributed by atoms with Gasteiger partial charge in [0.1, 0.15) is 0 Å². The molecule has 0 spiro atoms. The zero-order valence-corrected chi connectivity index (χ0v) is 16.9. The normalized spacial score (nSPS) is 19.0. The highest BCUT2D eigenvalue weighted by molar-refractivity contribution is 7.86. The summed E-state index contributed by atoms with van der Waals surface area (Å²) in [7, 11) is -3.40. The van der Waals surface area contributed by atoms with Gasteiger partial charge in [-0.3, -0.25) is 9.78 Å². The molecule has 0 aromatic carbocycles. The summed E-state index contributed by atoms with van der Waals surface area (Å²) < 4.78 is 33.5. The van der Waals surface area contributed by atoms with Crippen LogP contribution in [0.15, 0.2) is 29.0 Å². The second-order valence-electron chi connectivity index (χ2n) is 7.14. The van der Waals surface area contributed by atoms with Gasteiger partial charge in [-0.25, -0.2) is 0 Å². The van der Waals surface area contributed by atoms with Crippen LogP contribution in [0.25, 0.3) is 11.4 Å². The molecule has 0 unspecified atom stereocenters. The Morgan fingerprint density at radius 1 is 1.00 bits per heavy atom.